The van der Waals surface area contributed by atoms with E-state index in [2.05, 4.69) is 15.7 Å². The molecule has 1 saturated heterocycles. The predicted molar refractivity (Wildman–Crippen MR) is 225 cm³/mol. The fourth-order valence-electron chi connectivity index (χ4n) is 6.24. The first-order valence-electron chi connectivity index (χ1n) is 20.0. The lowest BCUT2D eigenvalue weighted by Gasteiger charge is -2.31. The van der Waals surface area contributed by atoms with Gasteiger partial charge in [0.15, 0.2) is 11.6 Å². The van der Waals surface area contributed by atoms with Crippen molar-refractivity contribution in [2.45, 2.75) is 118 Å². The summed E-state index contributed by atoms with van der Waals surface area (Å²) in [5.74, 6) is -0.654. The van der Waals surface area contributed by atoms with Gasteiger partial charge in [-0.15, -0.1) is 0 Å². The third-order valence-electron chi connectivity index (χ3n) is 8.74. The first-order chi connectivity index (χ1) is 28.5. The molecule has 0 spiro atoms. The van der Waals surface area contributed by atoms with Crippen molar-refractivity contribution in [1.29, 1.82) is 0 Å². The molecule has 3 aromatic rings. The molecule has 2 N–H and O–H groups in total. The van der Waals surface area contributed by atoms with E-state index in [1.54, 1.807) is 106 Å². The number of allylic oxidation sites excluding steroid dienone is 4. The third kappa shape index (κ3) is 12.7. The molecule has 2 aliphatic heterocycles. The van der Waals surface area contributed by atoms with Gasteiger partial charge in [0, 0.05) is 25.0 Å². The molecule has 0 aliphatic carbocycles. The summed E-state index contributed by atoms with van der Waals surface area (Å²) in [5, 5.41) is 10.0. The number of nitrogens with one attached hydrogen (secondary N) is 2. The summed E-state index contributed by atoms with van der Waals surface area (Å²) in [6, 6.07) is 10.9. The highest BCUT2D eigenvalue weighted by Gasteiger charge is 2.35. The van der Waals surface area contributed by atoms with E-state index < -0.39 is 46.7 Å². The van der Waals surface area contributed by atoms with Crippen molar-refractivity contribution in [3.8, 4) is 17.2 Å². The molecule has 0 radical (unpaired) electrons. The van der Waals surface area contributed by atoms with E-state index in [9.17, 15) is 18.8 Å². The van der Waals surface area contributed by atoms with Crippen LogP contribution in [0.1, 0.15) is 104 Å². The summed E-state index contributed by atoms with van der Waals surface area (Å²) >= 11 is 0. The number of hydrogen-bond donors (Lipinski definition) is 2. The van der Waals surface area contributed by atoms with Crippen LogP contribution in [0.25, 0.3) is 5.69 Å². The number of benzene rings is 2. The van der Waals surface area contributed by atoms with Crippen LogP contribution in [0.3, 0.4) is 0 Å². The Bertz CT molecular complexity index is 2230. The maximum atomic E-state index is 15.1. The number of hydrogen-bond acceptors (Lipinski definition) is 11. The zero-order valence-corrected chi connectivity index (χ0v) is 36.7. The number of nitrogens with zero attached hydrogens (tertiary/aromatic N) is 3. The molecule has 0 unspecified atom stereocenters. The summed E-state index contributed by atoms with van der Waals surface area (Å²) in [7, 11) is 0. The average Bonchev–Trinajstić information content (AvgIpc) is 3.53. The van der Waals surface area contributed by atoms with E-state index in [0.29, 0.717) is 48.8 Å². The average molecular weight is 846 g/mol. The fourth-order valence-corrected chi connectivity index (χ4v) is 6.24. The number of carbonyl (C=O) groups excluding carboxylic acids is 4. The number of carbonyl (C=O) groups is 4. The van der Waals surface area contributed by atoms with Gasteiger partial charge in [0.2, 0.25) is 5.78 Å². The summed E-state index contributed by atoms with van der Waals surface area (Å²) < 4.78 is 50.6. The van der Waals surface area contributed by atoms with Gasteiger partial charge in [0.25, 0.3) is 0 Å². The van der Waals surface area contributed by atoms with Crippen molar-refractivity contribution >= 4 is 29.9 Å². The number of ether oxygens (including phenoxy) is 6. The van der Waals surface area contributed by atoms with Gasteiger partial charge >= 0.3 is 18.3 Å². The quantitative estimate of drug-likeness (QED) is 0.155. The maximum absolute atomic E-state index is 15.1. The third-order valence-corrected chi connectivity index (χ3v) is 8.74. The summed E-state index contributed by atoms with van der Waals surface area (Å²) in [6.07, 6.45) is 2.60. The predicted octanol–water partition coefficient (Wildman–Crippen LogP) is 10.0. The zero-order valence-electron chi connectivity index (χ0n) is 36.7. The number of rotatable bonds is 9. The van der Waals surface area contributed by atoms with Crippen LogP contribution in [0.4, 0.5) is 24.6 Å². The molecule has 1 fully saturated rings. The van der Waals surface area contributed by atoms with Crippen molar-refractivity contribution in [3.05, 3.63) is 101 Å². The Morgan fingerprint density at radius 2 is 1.46 bits per heavy atom. The number of halogens is 1. The molecular weight excluding hydrogens is 790 g/mol. The molecule has 0 atom stereocenters. The maximum Gasteiger partial charge on any atom is 0.419 e. The van der Waals surface area contributed by atoms with Crippen LogP contribution in [-0.4, -0.2) is 74.9 Å². The van der Waals surface area contributed by atoms with Crippen LogP contribution < -0.4 is 15.4 Å². The van der Waals surface area contributed by atoms with Gasteiger partial charge in [-0.3, -0.25) is 15.4 Å². The number of para-hydroxylation sites is 1. The lowest BCUT2D eigenvalue weighted by molar-refractivity contribution is -0.00640. The minimum atomic E-state index is -0.980. The van der Waals surface area contributed by atoms with Gasteiger partial charge in [-0.2, -0.15) is 5.10 Å². The van der Waals surface area contributed by atoms with E-state index in [1.165, 1.54) is 35.2 Å². The summed E-state index contributed by atoms with van der Waals surface area (Å²) in [4.78, 5) is 57.0. The van der Waals surface area contributed by atoms with Crippen molar-refractivity contribution in [2.24, 2.45) is 0 Å². The highest BCUT2D eigenvalue weighted by Crippen LogP contribution is 2.34. The molecule has 0 bridgehead atoms. The minimum absolute atomic E-state index is 0.0316. The number of Topliss-reactive ketones (excluding diaryl/α,β-unsaturated/α-hetero) is 1. The van der Waals surface area contributed by atoms with E-state index in [1.807, 2.05) is 0 Å². The van der Waals surface area contributed by atoms with Crippen LogP contribution in [0, 0.1) is 12.7 Å². The number of amides is 3. The van der Waals surface area contributed by atoms with Gasteiger partial charge in [-0.05, 0) is 124 Å². The number of anilines is 1. The standard InChI is InChI=1S/C45H56FN5O10/c1-27-24-30(58-36-15-13-12-14-32(36)46)16-17-34(27)51-39(49-41(54)60-44(6,7)8)31(26-47-51)38(52)35-18-19-37(57-29-20-22-56-23-21-29)33(48-40(53)59-43(3,4)5)25-28(2)50(35)42(55)61-45(9,10)11/h12-18,24-26,29H,19-23H2,1-11H3,(H,48,53)(H,49,54)/b28-25+,35-18-,37-33-. The van der Waals surface area contributed by atoms with Crippen LogP contribution in [-0.2, 0) is 23.7 Å². The lowest BCUT2D eigenvalue weighted by atomic mass is 10.0. The van der Waals surface area contributed by atoms with E-state index in [0.717, 1.165) is 4.90 Å². The molecule has 328 valence electrons. The number of aryl methyl sites for hydroxylation is 1. The Hall–Kier alpha value is -6.16. The van der Waals surface area contributed by atoms with Crippen LogP contribution in [0.5, 0.6) is 11.5 Å². The molecule has 3 amide bonds. The fraction of sp³-hybridized carbons (Fsp3) is 0.444. The first-order valence-corrected chi connectivity index (χ1v) is 20.0. The summed E-state index contributed by atoms with van der Waals surface area (Å²) in [5.41, 5.74) is -1.53. The van der Waals surface area contributed by atoms with Crippen molar-refractivity contribution in [2.75, 3.05) is 18.5 Å². The molecule has 3 heterocycles. The second kappa shape index (κ2) is 18.6. The Kier molecular flexibility index (Phi) is 14.0. The molecule has 2 aliphatic rings. The highest BCUT2D eigenvalue weighted by molar-refractivity contribution is 6.14. The largest absolute Gasteiger partial charge is 0.492 e. The molecule has 1 aromatic heterocycles. The molecular formula is C45H56FN5O10. The second-order valence-corrected chi connectivity index (χ2v) is 17.5. The highest BCUT2D eigenvalue weighted by atomic mass is 19.1. The summed E-state index contributed by atoms with van der Waals surface area (Å²) in [6.45, 7) is 19.7. The van der Waals surface area contributed by atoms with Gasteiger partial charge in [0.05, 0.1) is 42.1 Å². The number of alkyl carbamates (subject to hydrolysis) is 1. The van der Waals surface area contributed by atoms with Crippen molar-refractivity contribution in [3.63, 3.8) is 0 Å². The van der Waals surface area contributed by atoms with E-state index >= 15 is 4.79 Å². The molecule has 0 saturated carbocycles. The van der Waals surface area contributed by atoms with Gasteiger partial charge in [0.1, 0.15) is 40.2 Å². The van der Waals surface area contributed by atoms with Gasteiger partial charge in [-0.25, -0.2) is 28.4 Å². The number of aromatic nitrogens is 2. The zero-order chi connectivity index (χ0) is 44.9. The Morgan fingerprint density at radius 1 is 0.836 bits per heavy atom. The topological polar surface area (TPSA) is 169 Å². The Morgan fingerprint density at radius 3 is 2.07 bits per heavy atom. The van der Waals surface area contributed by atoms with Crippen molar-refractivity contribution < 1.29 is 52.0 Å². The van der Waals surface area contributed by atoms with Crippen LogP contribution in [0.15, 0.2) is 83.7 Å². The Labute approximate surface area is 355 Å². The molecule has 15 nitrogen and oxygen atoms in total. The SMILES string of the molecule is C/C1=C\C(NC(=O)OC(C)(C)C)=C(\OC2CCOCC2)C/C=C(/C(=O)c2cnn(-c3ccc(Oc4ccccc4F)cc3C)c2NC(=O)OC(C)(C)C)N1C(=O)OC(C)(C)C. The van der Waals surface area contributed by atoms with E-state index in [4.69, 9.17) is 28.4 Å². The molecule has 61 heavy (non-hydrogen) atoms. The minimum Gasteiger partial charge on any atom is -0.492 e. The molecule has 5 rings (SSSR count). The van der Waals surface area contributed by atoms with E-state index in [-0.39, 0.29) is 46.7 Å². The molecule has 16 heteroatoms. The second-order valence-electron chi connectivity index (χ2n) is 17.5. The number of ketones is 1. The van der Waals surface area contributed by atoms with Crippen molar-refractivity contribution in [1.82, 2.24) is 20.0 Å². The Balaban J connectivity index is 1.64. The smallest absolute Gasteiger partial charge is 0.419 e. The monoisotopic (exact) mass is 845 g/mol. The van der Waals surface area contributed by atoms with Gasteiger partial charge in [-0.1, -0.05) is 12.1 Å². The van der Waals surface area contributed by atoms with Crippen LogP contribution >= 0.6 is 0 Å². The first kappa shape index (κ1) is 45.9. The van der Waals surface area contributed by atoms with Gasteiger partial charge < -0.3 is 28.4 Å². The lowest BCUT2D eigenvalue weighted by Crippen LogP contribution is -2.39. The normalized spacial score (nSPS) is 18.3. The van der Waals surface area contributed by atoms with Crippen LogP contribution in [0.2, 0.25) is 0 Å². The molecule has 2 aromatic carbocycles.